The molecular formula is C21H23N3O3. The van der Waals surface area contributed by atoms with Gasteiger partial charge in [-0.1, -0.05) is 23.8 Å². The Morgan fingerprint density at radius 3 is 2.30 bits per heavy atom. The van der Waals surface area contributed by atoms with Gasteiger partial charge >= 0.3 is 0 Å². The second kappa shape index (κ2) is 8.03. The lowest BCUT2D eigenvalue weighted by molar-refractivity contribution is -0.118. The monoisotopic (exact) mass is 365 g/mol. The van der Waals surface area contributed by atoms with Crippen LogP contribution in [0.3, 0.4) is 0 Å². The maximum absolute atomic E-state index is 12.4. The smallest absolute Gasteiger partial charge is 0.251 e. The van der Waals surface area contributed by atoms with Gasteiger partial charge in [-0.2, -0.15) is 0 Å². The molecule has 3 N–H and O–H groups in total. The van der Waals surface area contributed by atoms with Crippen LogP contribution in [0.5, 0.6) is 0 Å². The fraction of sp³-hybridized carbons (Fsp3) is 0.286. The number of amides is 3. The normalized spacial score (nSPS) is 14.1. The topological polar surface area (TPSA) is 87.3 Å². The summed E-state index contributed by atoms with van der Waals surface area (Å²) in [6, 6.07) is 13.5. The van der Waals surface area contributed by atoms with Crippen LogP contribution in [0.15, 0.2) is 48.5 Å². The maximum atomic E-state index is 12.4. The standard InChI is InChI=1S/C21H23N3O3/c1-13-5-3-6-16(11-13)21(27)22-14(2)19(25)23-17-7-4-8-18(12-17)24-20(26)15-9-10-15/h3-8,11-12,14-15H,9-10H2,1-2H3,(H,22,27)(H,23,25)(H,24,26). The third kappa shape index (κ3) is 5.17. The molecule has 0 radical (unpaired) electrons. The number of carbonyl (C=O) groups excluding carboxylic acids is 3. The molecule has 2 aromatic rings. The van der Waals surface area contributed by atoms with Gasteiger partial charge in [-0.15, -0.1) is 0 Å². The van der Waals surface area contributed by atoms with Gasteiger partial charge in [-0.25, -0.2) is 0 Å². The van der Waals surface area contributed by atoms with Crippen molar-refractivity contribution in [2.45, 2.75) is 32.7 Å². The molecule has 1 atom stereocenters. The maximum Gasteiger partial charge on any atom is 0.251 e. The zero-order valence-corrected chi connectivity index (χ0v) is 15.4. The van der Waals surface area contributed by atoms with E-state index in [1.165, 1.54) is 0 Å². The average molecular weight is 365 g/mol. The van der Waals surface area contributed by atoms with Gasteiger partial charge in [-0.3, -0.25) is 14.4 Å². The largest absolute Gasteiger partial charge is 0.341 e. The van der Waals surface area contributed by atoms with Crippen LogP contribution in [-0.4, -0.2) is 23.8 Å². The first-order chi connectivity index (χ1) is 12.9. The van der Waals surface area contributed by atoms with Crippen molar-refractivity contribution in [1.29, 1.82) is 0 Å². The summed E-state index contributed by atoms with van der Waals surface area (Å²) < 4.78 is 0. The van der Waals surface area contributed by atoms with Crippen LogP contribution < -0.4 is 16.0 Å². The summed E-state index contributed by atoms with van der Waals surface area (Å²) in [6.45, 7) is 3.53. The number of aryl methyl sites for hydroxylation is 1. The summed E-state index contributed by atoms with van der Waals surface area (Å²) in [5, 5.41) is 8.30. The number of anilines is 2. The molecule has 27 heavy (non-hydrogen) atoms. The Bertz CT molecular complexity index is 874. The Morgan fingerprint density at radius 2 is 1.63 bits per heavy atom. The van der Waals surface area contributed by atoms with Crippen LogP contribution in [0, 0.1) is 12.8 Å². The Morgan fingerprint density at radius 1 is 0.963 bits per heavy atom. The number of benzene rings is 2. The summed E-state index contributed by atoms with van der Waals surface area (Å²) in [6.07, 6.45) is 1.86. The van der Waals surface area contributed by atoms with Crippen molar-refractivity contribution in [1.82, 2.24) is 5.32 Å². The summed E-state index contributed by atoms with van der Waals surface area (Å²) in [4.78, 5) is 36.5. The van der Waals surface area contributed by atoms with E-state index < -0.39 is 6.04 Å². The van der Waals surface area contributed by atoms with Crippen molar-refractivity contribution < 1.29 is 14.4 Å². The Labute approximate surface area is 158 Å². The van der Waals surface area contributed by atoms with Gasteiger partial charge in [0.2, 0.25) is 11.8 Å². The van der Waals surface area contributed by atoms with Crippen LogP contribution in [0.2, 0.25) is 0 Å². The van der Waals surface area contributed by atoms with Gasteiger partial charge in [0.25, 0.3) is 5.91 Å². The van der Waals surface area contributed by atoms with E-state index in [0.29, 0.717) is 16.9 Å². The molecule has 1 aliphatic rings. The molecule has 1 saturated carbocycles. The first-order valence-electron chi connectivity index (χ1n) is 9.01. The molecular weight excluding hydrogens is 342 g/mol. The van der Waals surface area contributed by atoms with E-state index in [1.54, 1.807) is 49.4 Å². The molecule has 0 saturated heterocycles. The first-order valence-corrected chi connectivity index (χ1v) is 9.01. The minimum absolute atomic E-state index is 0.0114. The molecule has 0 spiro atoms. The number of carbonyl (C=O) groups is 3. The summed E-state index contributed by atoms with van der Waals surface area (Å²) in [5.74, 6) is -0.508. The van der Waals surface area contributed by atoms with Gasteiger partial charge in [0, 0.05) is 22.9 Å². The number of hydrogen-bond donors (Lipinski definition) is 3. The number of nitrogens with one attached hydrogen (secondary N) is 3. The molecule has 1 fully saturated rings. The van der Waals surface area contributed by atoms with Gasteiger partial charge in [0.15, 0.2) is 0 Å². The van der Waals surface area contributed by atoms with Crippen LogP contribution in [0.1, 0.15) is 35.7 Å². The molecule has 0 bridgehead atoms. The first kappa shape index (κ1) is 18.6. The molecule has 6 nitrogen and oxygen atoms in total. The van der Waals surface area contributed by atoms with Gasteiger partial charge in [0.1, 0.15) is 6.04 Å². The van der Waals surface area contributed by atoms with E-state index in [-0.39, 0.29) is 23.6 Å². The lowest BCUT2D eigenvalue weighted by Gasteiger charge is -2.15. The van der Waals surface area contributed by atoms with Crippen LogP contribution in [0.25, 0.3) is 0 Å². The molecule has 3 rings (SSSR count). The highest BCUT2D eigenvalue weighted by molar-refractivity contribution is 6.01. The third-order valence-corrected chi connectivity index (χ3v) is 4.37. The van der Waals surface area contributed by atoms with Crippen molar-refractivity contribution in [3.05, 3.63) is 59.7 Å². The zero-order valence-electron chi connectivity index (χ0n) is 15.4. The van der Waals surface area contributed by atoms with Gasteiger partial charge in [0.05, 0.1) is 0 Å². The van der Waals surface area contributed by atoms with E-state index in [0.717, 1.165) is 18.4 Å². The van der Waals surface area contributed by atoms with Crippen LogP contribution in [0.4, 0.5) is 11.4 Å². The van der Waals surface area contributed by atoms with Crippen molar-refractivity contribution in [3.63, 3.8) is 0 Å². The molecule has 0 heterocycles. The quantitative estimate of drug-likeness (QED) is 0.735. The highest BCUT2D eigenvalue weighted by atomic mass is 16.2. The SMILES string of the molecule is Cc1cccc(C(=O)NC(C)C(=O)Nc2cccc(NC(=O)C3CC3)c2)c1. The zero-order chi connectivity index (χ0) is 19.4. The molecule has 0 aliphatic heterocycles. The molecule has 1 unspecified atom stereocenters. The lowest BCUT2D eigenvalue weighted by Crippen LogP contribution is -2.41. The van der Waals surface area contributed by atoms with Crippen LogP contribution >= 0.6 is 0 Å². The van der Waals surface area contributed by atoms with Crippen LogP contribution in [-0.2, 0) is 9.59 Å². The minimum atomic E-state index is -0.706. The second-order valence-corrected chi connectivity index (χ2v) is 6.90. The molecule has 1 aliphatic carbocycles. The van der Waals surface area contributed by atoms with E-state index >= 15 is 0 Å². The predicted octanol–water partition coefficient (Wildman–Crippen LogP) is 3.10. The van der Waals surface area contributed by atoms with Crippen molar-refractivity contribution in [2.75, 3.05) is 10.6 Å². The molecule has 0 aromatic heterocycles. The van der Waals surface area contributed by atoms with Crippen molar-refractivity contribution >= 4 is 29.1 Å². The minimum Gasteiger partial charge on any atom is -0.341 e. The fourth-order valence-electron chi connectivity index (χ4n) is 2.65. The molecule has 140 valence electrons. The van der Waals surface area contributed by atoms with Gasteiger partial charge < -0.3 is 16.0 Å². The van der Waals surface area contributed by atoms with Crippen molar-refractivity contribution in [3.8, 4) is 0 Å². The highest BCUT2D eigenvalue weighted by Crippen LogP contribution is 2.30. The van der Waals surface area contributed by atoms with E-state index in [2.05, 4.69) is 16.0 Å². The summed E-state index contributed by atoms with van der Waals surface area (Å²) >= 11 is 0. The number of hydrogen-bond acceptors (Lipinski definition) is 3. The van der Waals surface area contributed by atoms with E-state index in [4.69, 9.17) is 0 Å². The van der Waals surface area contributed by atoms with E-state index in [9.17, 15) is 14.4 Å². The molecule has 3 amide bonds. The van der Waals surface area contributed by atoms with Gasteiger partial charge in [-0.05, 0) is 57.0 Å². The summed E-state index contributed by atoms with van der Waals surface area (Å²) in [5.41, 5.74) is 2.69. The number of rotatable bonds is 6. The van der Waals surface area contributed by atoms with E-state index in [1.807, 2.05) is 13.0 Å². The highest BCUT2D eigenvalue weighted by Gasteiger charge is 2.29. The molecule has 6 heteroatoms. The Hall–Kier alpha value is -3.15. The Balaban J connectivity index is 1.57. The average Bonchev–Trinajstić information content (AvgIpc) is 3.47. The van der Waals surface area contributed by atoms with Crippen molar-refractivity contribution in [2.24, 2.45) is 5.92 Å². The second-order valence-electron chi connectivity index (χ2n) is 6.90. The summed E-state index contributed by atoms with van der Waals surface area (Å²) in [7, 11) is 0. The predicted molar refractivity (Wildman–Crippen MR) is 105 cm³/mol. The molecule has 2 aromatic carbocycles. The lowest BCUT2D eigenvalue weighted by atomic mass is 10.1. The fourth-order valence-corrected chi connectivity index (χ4v) is 2.65. The third-order valence-electron chi connectivity index (χ3n) is 4.37. The Kier molecular flexibility index (Phi) is 5.54.